The molecule has 0 aliphatic carbocycles. The van der Waals surface area contributed by atoms with Gasteiger partial charge in [0.15, 0.2) is 0 Å². The van der Waals surface area contributed by atoms with Crippen LogP contribution in [0.15, 0.2) is 48.9 Å². The van der Waals surface area contributed by atoms with Crippen LogP contribution in [0.5, 0.6) is 5.75 Å². The zero-order valence-electron chi connectivity index (χ0n) is 19.6. The summed E-state index contributed by atoms with van der Waals surface area (Å²) in [4.78, 5) is 6.79. The van der Waals surface area contributed by atoms with Crippen LogP contribution < -0.4 is 10.5 Å². The number of aromatic nitrogens is 3. The van der Waals surface area contributed by atoms with Gasteiger partial charge in [-0.05, 0) is 70.6 Å². The third-order valence-electron chi connectivity index (χ3n) is 6.24. The fourth-order valence-corrected chi connectivity index (χ4v) is 4.08. The second-order valence-corrected chi connectivity index (χ2v) is 8.72. The third kappa shape index (κ3) is 5.25. The molecule has 0 saturated carbocycles. The first-order valence-corrected chi connectivity index (χ1v) is 11.6. The number of likely N-dealkylation sites (tertiary alicyclic amines) is 1. The van der Waals surface area contributed by atoms with Crippen LogP contribution in [0.2, 0.25) is 0 Å². The Bertz CT molecular complexity index is 1130. The molecule has 2 aromatic heterocycles. The van der Waals surface area contributed by atoms with Crippen molar-refractivity contribution < 1.29 is 9.13 Å². The molecule has 0 unspecified atom stereocenters. The molecule has 0 atom stereocenters. The van der Waals surface area contributed by atoms with E-state index in [0.717, 1.165) is 49.9 Å². The van der Waals surface area contributed by atoms with E-state index >= 15 is 0 Å². The Morgan fingerprint density at radius 3 is 2.79 bits per heavy atom. The van der Waals surface area contributed by atoms with E-state index in [1.54, 1.807) is 25.3 Å². The van der Waals surface area contributed by atoms with Crippen LogP contribution in [0.25, 0.3) is 16.9 Å². The van der Waals surface area contributed by atoms with Crippen LogP contribution in [-0.4, -0.2) is 39.8 Å². The van der Waals surface area contributed by atoms with Crippen molar-refractivity contribution in [2.24, 2.45) is 0 Å². The van der Waals surface area contributed by atoms with Gasteiger partial charge in [0.25, 0.3) is 0 Å². The maximum atomic E-state index is 14.1. The number of hydrogen-bond acceptors (Lipinski definition) is 5. The van der Waals surface area contributed by atoms with Crippen molar-refractivity contribution in [1.82, 2.24) is 19.7 Å². The molecule has 3 aromatic rings. The number of unbranched alkanes of at least 4 members (excludes halogenated alkanes) is 1. The normalized spacial score (nSPS) is 15.7. The predicted octanol–water partition coefficient (Wildman–Crippen LogP) is 5.46. The molecule has 7 heteroatoms. The van der Waals surface area contributed by atoms with Gasteiger partial charge in [0.1, 0.15) is 23.1 Å². The van der Waals surface area contributed by atoms with Crippen molar-refractivity contribution >= 4 is 11.6 Å². The topological polar surface area (TPSA) is 69.2 Å². The van der Waals surface area contributed by atoms with Gasteiger partial charge in [0.05, 0.1) is 17.8 Å². The molecule has 4 rings (SSSR count). The molecule has 0 radical (unpaired) electrons. The average Bonchev–Trinajstić information content (AvgIpc) is 3.30. The Labute approximate surface area is 194 Å². The van der Waals surface area contributed by atoms with Crippen LogP contribution in [0.3, 0.4) is 0 Å². The van der Waals surface area contributed by atoms with E-state index in [0.29, 0.717) is 34.5 Å². The van der Waals surface area contributed by atoms with Gasteiger partial charge < -0.3 is 15.4 Å². The highest BCUT2D eigenvalue weighted by Crippen LogP contribution is 2.32. The molecule has 2 N–H and O–H groups in total. The summed E-state index contributed by atoms with van der Waals surface area (Å²) >= 11 is 0. The van der Waals surface area contributed by atoms with Crippen molar-refractivity contribution in [3.63, 3.8) is 0 Å². The van der Waals surface area contributed by atoms with Gasteiger partial charge in [-0.1, -0.05) is 19.4 Å². The molecule has 1 aliphatic heterocycles. The number of hydrogen-bond donors (Lipinski definition) is 1. The quantitative estimate of drug-likeness (QED) is 0.485. The number of ether oxygens (including phenoxy) is 1. The minimum absolute atomic E-state index is 0.302. The van der Waals surface area contributed by atoms with Crippen molar-refractivity contribution in [3.05, 3.63) is 65.9 Å². The van der Waals surface area contributed by atoms with Gasteiger partial charge in [-0.2, -0.15) is 5.10 Å². The van der Waals surface area contributed by atoms with Crippen LogP contribution in [0.4, 0.5) is 10.2 Å². The van der Waals surface area contributed by atoms with Crippen LogP contribution >= 0.6 is 0 Å². The Morgan fingerprint density at radius 2 is 2.03 bits per heavy atom. The summed E-state index contributed by atoms with van der Waals surface area (Å²) in [6.07, 6.45) is 11.7. The summed E-state index contributed by atoms with van der Waals surface area (Å²) in [6.45, 7) is 5.96. The molecule has 1 saturated heterocycles. The van der Waals surface area contributed by atoms with E-state index in [4.69, 9.17) is 10.5 Å². The lowest BCUT2D eigenvalue weighted by molar-refractivity contribution is 0.212. The summed E-state index contributed by atoms with van der Waals surface area (Å²) in [6, 6.07) is 7.22. The second-order valence-electron chi connectivity index (χ2n) is 8.72. The van der Waals surface area contributed by atoms with E-state index < -0.39 is 0 Å². The van der Waals surface area contributed by atoms with Gasteiger partial charge >= 0.3 is 0 Å². The number of piperidine rings is 1. The summed E-state index contributed by atoms with van der Waals surface area (Å²) in [7, 11) is 2.16. The Balaban J connectivity index is 1.64. The number of halogens is 1. The molecule has 0 amide bonds. The predicted molar refractivity (Wildman–Crippen MR) is 130 cm³/mol. The van der Waals surface area contributed by atoms with Crippen molar-refractivity contribution in [3.8, 4) is 16.9 Å². The third-order valence-corrected chi connectivity index (χ3v) is 6.24. The minimum atomic E-state index is -0.302. The Hall–Kier alpha value is -3.19. The number of nitrogen functional groups attached to an aromatic ring is 1. The van der Waals surface area contributed by atoms with Crippen molar-refractivity contribution in [2.45, 2.75) is 45.6 Å². The lowest BCUT2D eigenvalue weighted by Crippen LogP contribution is -2.31. The maximum Gasteiger partial charge on any atom is 0.134 e. The molecule has 1 aromatic carbocycles. The fraction of sp³-hybridized carbons (Fsp3) is 0.385. The maximum absolute atomic E-state index is 14.1. The fourth-order valence-electron chi connectivity index (χ4n) is 4.08. The molecule has 0 spiro atoms. The van der Waals surface area contributed by atoms with Gasteiger partial charge in [0.2, 0.25) is 0 Å². The smallest absolute Gasteiger partial charge is 0.134 e. The van der Waals surface area contributed by atoms with Gasteiger partial charge in [0, 0.05) is 29.1 Å². The Morgan fingerprint density at radius 1 is 1.24 bits per heavy atom. The summed E-state index contributed by atoms with van der Waals surface area (Å²) < 4.78 is 22.3. The minimum Gasteiger partial charge on any atom is -0.457 e. The zero-order chi connectivity index (χ0) is 23.4. The first kappa shape index (κ1) is 23.0. The highest BCUT2D eigenvalue weighted by atomic mass is 19.1. The van der Waals surface area contributed by atoms with Crippen molar-refractivity contribution in [2.75, 3.05) is 25.9 Å². The summed E-state index contributed by atoms with van der Waals surface area (Å²) in [5.74, 6) is 1.12. The SMILES string of the molecule is CCC/C=C(/Oc1cccc(F)c1C)c1cc(-c2cnn(C3CCN(C)CC3)c2)cnc1N. The first-order chi connectivity index (χ1) is 16.0. The average molecular weight is 450 g/mol. The molecule has 6 nitrogen and oxygen atoms in total. The number of nitrogens with zero attached hydrogens (tertiary/aromatic N) is 4. The molecule has 174 valence electrons. The van der Waals surface area contributed by atoms with E-state index in [9.17, 15) is 4.39 Å². The number of pyridine rings is 1. The largest absolute Gasteiger partial charge is 0.457 e. The zero-order valence-corrected chi connectivity index (χ0v) is 19.6. The second kappa shape index (κ2) is 10.2. The van der Waals surface area contributed by atoms with E-state index in [-0.39, 0.29) is 5.82 Å². The molecular weight excluding hydrogens is 417 g/mol. The van der Waals surface area contributed by atoms with Gasteiger partial charge in [-0.3, -0.25) is 4.68 Å². The molecule has 33 heavy (non-hydrogen) atoms. The van der Waals surface area contributed by atoms with Crippen LogP contribution in [0, 0.1) is 12.7 Å². The van der Waals surface area contributed by atoms with Crippen LogP contribution in [0.1, 0.15) is 49.8 Å². The number of benzene rings is 1. The molecule has 3 heterocycles. The molecule has 0 bridgehead atoms. The summed E-state index contributed by atoms with van der Waals surface area (Å²) in [5.41, 5.74) is 9.32. The lowest BCUT2D eigenvalue weighted by Gasteiger charge is -2.28. The molecule has 1 aliphatic rings. The number of rotatable bonds is 7. The standard InChI is InChI=1S/C26H32FN5O/c1-4-5-8-25(33-24-9-6-7-23(27)18(24)2)22-14-19(15-29-26(22)28)20-16-30-32(17-20)21-10-12-31(3)13-11-21/h6-9,14-17,21H,4-5,10-13H2,1-3H3,(H2,28,29)/b25-8+. The van der Waals surface area contributed by atoms with Gasteiger partial charge in [-0.25, -0.2) is 9.37 Å². The molecule has 1 fully saturated rings. The highest BCUT2D eigenvalue weighted by molar-refractivity contribution is 5.75. The van der Waals surface area contributed by atoms with E-state index in [1.165, 1.54) is 6.07 Å². The highest BCUT2D eigenvalue weighted by Gasteiger charge is 2.20. The molecular formula is C26H32FN5O. The van der Waals surface area contributed by atoms with E-state index in [2.05, 4.69) is 39.8 Å². The lowest BCUT2D eigenvalue weighted by atomic mass is 10.1. The van der Waals surface area contributed by atoms with Crippen LogP contribution in [-0.2, 0) is 0 Å². The summed E-state index contributed by atoms with van der Waals surface area (Å²) in [5, 5.41) is 4.63. The first-order valence-electron chi connectivity index (χ1n) is 11.6. The van der Waals surface area contributed by atoms with Gasteiger partial charge in [-0.15, -0.1) is 0 Å². The number of nitrogens with two attached hydrogens (primary N) is 1. The van der Waals surface area contributed by atoms with E-state index in [1.807, 2.05) is 18.3 Å². The monoisotopic (exact) mass is 449 g/mol. The number of allylic oxidation sites excluding steroid dienone is 1. The number of anilines is 1. The Kier molecular flexibility index (Phi) is 7.08. The van der Waals surface area contributed by atoms with Crippen molar-refractivity contribution in [1.29, 1.82) is 0 Å².